The number of carboxylic acid groups (broad SMARTS) is 1. The fraction of sp³-hybridized carbons (Fsp3) is 0.714. The first-order valence-corrected chi connectivity index (χ1v) is 3.92. The molecule has 13 heavy (non-hydrogen) atoms. The number of urea groups is 1. The fourth-order valence-corrected chi connectivity index (χ4v) is 0.774. The van der Waals surface area contributed by atoms with Crippen molar-refractivity contribution in [1.29, 1.82) is 0 Å². The number of aliphatic carboxylic acids is 1. The van der Waals surface area contributed by atoms with Crippen molar-refractivity contribution in [3.05, 3.63) is 0 Å². The number of hydrogen-bond acceptors (Lipinski definition) is 3. The molecule has 6 heteroatoms. The van der Waals surface area contributed by atoms with E-state index in [1.54, 1.807) is 0 Å². The number of nitrogens with one attached hydrogen (secondary N) is 1. The molecule has 0 aliphatic rings. The Morgan fingerprint density at radius 3 is 2.46 bits per heavy atom. The van der Waals surface area contributed by atoms with E-state index in [1.165, 1.54) is 6.92 Å². The molecule has 1 atom stereocenters. The molecule has 0 fully saturated rings. The van der Waals surface area contributed by atoms with Crippen LogP contribution in [0.3, 0.4) is 0 Å². The molecule has 0 rings (SSSR count). The maximum atomic E-state index is 10.5. The Morgan fingerprint density at radius 2 is 2.08 bits per heavy atom. The second-order valence-corrected chi connectivity index (χ2v) is 3.12. The smallest absolute Gasteiger partial charge is 0.323 e. The Bertz CT molecular complexity index is 203. The highest BCUT2D eigenvalue weighted by atomic mass is 16.4. The molecule has 0 aromatic rings. The minimum absolute atomic E-state index is 0.294. The first-order chi connectivity index (χ1) is 5.86. The first-order valence-electron chi connectivity index (χ1n) is 3.92. The molecule has 76 valence electrons. The number of nitrogens with two attached hydrogens (primary N) is 2. The van der Waals surface area contributed by atoms with Gasteiger partial charge in [0.05, 0.1) is 0 Å². The van der Waals surface area contributed by atoms with Crippen molar-refractivity contribution in [1.82, 2.24) is 5.32 Å². The molecule has 0 aliphatic carbocycles. The predicted molar refractivity (Wildman–Crippen MR) is 47.0 cm³/mol. The lowest BCUT2D eigenvalue weighted by molar-refractivity contribution is -0.142. The highest BCUT2D eigenvalue weighted by Gasteiger charge is 2.26. The third kappa shape index (κ3) is 5.02. The molecule has 0 aromatic carbocycles. The minimum Gasteiger partial charge on any atom is -0.480 e. The van der Waals surface area contributed by atoms with Crippen LogP contribution < -0.4 is 16.8 Å². The van der Waals surface area contributed by atoms with E-state index in [4.69, 9.17) is 16.6 Å². The summed E-state index contributed by atoms with van der Waals surface area (Å²) in [6.45, 7) is 1.77. The van der Waals surface area contributed by atoms with Crippen LogP contribution in [-0.2, 0) is 4.79 Å². The Kier molecular flexibility index (Phi) is 4.19. The first kappa shape index (κ1) is 11.7. The largest absolute Gasteiger partial charge is 0.480 e. The molecule has 0 bridgehead atoms. The number of carbonyl (C=O) groups excluding carboxylic acids is 1. The van der Waals surface area contributed by atoms with Gasteiger partial charge >= 0.3 is 12.0 Å². The van der Waals surface area contributed by atoms with Gasteiger partial charge in [-0.2, -0.15) is 0 Å². The summed E-state index contributed by atoms with van der Waals surface area (Å²) in [4.78, 5) is 20.7. The molecule has 0 heterocycles. The van der Waals surface area contributed by atoms with Gasteiger partial charge in [0.15, 0.2) is 0 Å². The van der Waals surface area contributed by atoms with E-state index in [9.17, 15) is 9.59 Å². The predicted octanol–water partition coefficient (Wildman–Crippen LogP) is -0.763. The molecular weight excluding hydrogens is 174 g/mol. The molecule has 0 aliphatic heterocycles. The second kappa shape index (κ2) is 4.66. The van der Waals surface area contributed by atoms with Crippen LogP contribution in [0.4, 0.5) is 4.79 Å². The van der Waals surface area contributed by atoms with Crippen LogP contribution in [0.1, 0.15) is 19.8 Å². The van der Waals surface area contributed by atoms with Gasteiger partial charge in [0.25, 0.3) is 0 Å². The van der Waals surface area contributed by atoms with Crippen LogP contribution in [0.15, 0.2) is 0 Å². The van der Waals surface area contributed by atoms with Gasteiger partial charge in [0.2, 0.25) is 0 Å². The van der Waals surface area contributed by atoms with Crippen LogP contribution in [-0.4, -0.2) is 29.2 Å². The van der Waals surface area contributed by atoms with Crippen LogP contribution in [0.25, 0.3) is 0 Å². The van der Waals surface area contributed by atoms with Crippen molar-refractivity contribution in [2.75, 3.05) is 6.54 Å². The topological polar surface area (TPSA) is 118 Å². The van der Waals surface area contributed by atoms with E-state index < -0.39 is 17.5 Å². The third-order valence-corrected chi connectivity index (χ3v) is 1.66. The zero-order valence-corrected chi connectivity index (χ0v) is 7.54. The van der Waals surface area contributed by atoms with E-state index in [0.717, 1.165) is 0 Å². The standard InChI is InChI=1S/C7H15N3O3/c1-7(9,5(11)12)3-2-4-10-6(8)13/h2-4,9H2,1H3,(H,11,12)(H3,8,10,13). The molecule has 0 saturated heterocycles. The lowest BCUT2D eigenvalue weighted by Gasteiger charge is -2.18. The van der Waals surface area contributed by atoms with Gasteiger partial charge in [-0.05, 0) is 19.8 Å². The van der Waals surface area contributed by atoms with Crippen LogP contribution >= 0.6 is 0 Å². The summed E-state index contributed by atoms with van der Waals surface area (Å²) in [7, 11) is 0. The zero-order valence-electron chi connectivity index (χ0n) is 7.54. The normalized spacial score (nSPS) is 14.6. The van der Waals surface area contributed by atoms with Gasteiger partial charge < -0.3 is 21.9 Å². The summed E-state index contributed by atoms with van der Waals surface area (Å²) in [5.41, 5.74) is 9.00. The summed E-state index contributed by atoms with van der Waals surface area (Å²) >= 11 is 0. The van der Waals surface area contributed by atoms with Crippen molar-refractivity contribution < 1.29 is 14.7 Å². The summed E-state index contributed by atoms with van der Waals surface area (Å²) < 4.78 is 0. The summed E-state index contributed by atoms with van der Waals surface area (Å²) in [5, 5.41) is 11.0. The van der Waals surface area contributed by atoms with Gasteiger partial charge in [0.1, 0.15) is 5.54 Å². The molecule has 0 aromatic heterocycles. The Labute approximate surface area is 76.3 Å². The van der Waals surface area contributed by atoms with Gasteiger partial charge in [-0.25, -0.2) is 4.79 Å². The lowest BCUT2D eigenvalue weighted by Crippen LogP contribution is -2.45. The maximum Gasteiger partial charge on any atom is 0.323 e. The number of rotatable bonds is 5. The number of amides is 2. The van der Waals surface area contributed by atoms with Crippen molar-refractivity contribution in [2.24, 2.45) is 11.5 Å². The van der Waals surface area contributed by atoms with Crippen molar-refractivity contribution in [2.45, 2.75) is 25.3 Å². The van der Waals surface area contributed by atoms with Crippen molar-refractivity contribution in [3.63, 3.8) is 0 Å². The Morgan fingerprint density at radius 1 is 1.54 bits per heavy atom. The van der Waals surface area contributed by atoms with Gasteiger partial charge in [0, 0.05) is 6.54 Å². The third-order valence-electron chi connectivity index (χ3n) is 1.66. The Hall–Kier alpha value is -1.30. The summed E-state index contributed by atoms with van der Waals surface area (Å²) in [6.07, 6.45) is 0.783. The molecular formula is C7H15N3O3. The van der Waals surface area contributed by atoms with E-state index in [1.807, 2.05) is 0 Å². The number of carbonyl (C=O) groups is 2. The highest BCUT2D eigenvalue weighted by molar-refractivity contribution is 5.77. The maximum absolute atomic E-state index is 10.5. The number of primary amides is 1. The fourth-order valence-electron chi connectivity index (χ4n) is 0.774. The van der Waals surface area contributed by atoms with E-state index >= 15 is 0 Å². The molecule has 2 amide bonds. The minimum atomic E-state index is -1.24. The molecule has 0 spiro atoms. The summed E-state index contributed by atoms with van der Waals surface area (Å²) in [6, 6.07) is -0.617. The molecule has 6 N–H and O–H groups in total. The van der Waals surface area contributed by atoms with E-state index in [2.05, 4.69) is 5.32 Å². The quantitative estimate of drug-likeness (QED) is 0.425. The average molecular weight is 189 g/mol. The van der Waals surface area contributed by atoms with Gasteiger partial charge in [-0.3, -0.25) is 4.79 Å². The van der Waals surface area contributed by atoms with Crippen LogP contribution in [0, 0.1) is 0 Å². The van der Waals surface area contributed by atoms with Gasteiger partial charge in [-0.1, -0.05) is 0 Å². The molecule has 0 saturated carbocycles. The van der Waals surface area contributed by atoms with E-state index in [0.29, 0.717) is 19.4 Å². The second-order valence-electron chi connectivity index (χ2n) is 3.12. The van der Waals surface area contributed by atoms with Crippen LogP contribution in [0.5, 0.6) is 0 Å². The lowest BCUT2D eigenvalue weighted by atomic mass is 9.98. The van der Waals surface area contributed by atoms with Crippen molar-refractivity contribution in [3.8, 4) is 0 Å². The number of carboxylic acids is 1. The molecule has 6 nitrogen and oxygen atoms in total. The van der Waals surface area contributed by atoms with Crippen LogP contribution in [0.2, 0.25) is 0 Å². The Balaban J connectivity index is 3.64. The van der Waals surface area contributed by atoms with E-state index in [-0.39, 0.29) is 0 Å². The highest BCUT2D eigenvalue weighted by Crippen LogP contribution is 2.07. The molecule has 1 unspecified atom stereocenters. The zero-order chi connectivity index (χ0) is 10.5. The monoisotopic (exact) mass is 189 g/mol. The molecule has 0 radical (unpaired) electrons. The van der Waals surface area contributed by atoms with Gasteiger partial charge in [-0.15, -0.1) is 0 Å². The summed E-state index contributed by atoms with van der Waals surface area (Å²) in [5.74, 6) is -1.05. The average Bonchev–Trinajstić information content (AvgIpc) is 1.97. The SMILES string of the molecule is CC(N)(CCCNC(N)=O)C(=O)O. The number of hydrogen-bond donors (Lipinski definition) is 4. The van der Waals surface area contributed by atoms with Crippen molar-refractivity contribution >= 4 is 12.0 Å².